The van der Waals surface area contributed by atoms with Crippen molar-refractivity contribution in [2.24, 2.45) is 0 Å². The van der Waals surface area contributed by atoms with Crippen LogP contribution in [0.15, 0.2) is 24.4 Å². The molecule has 0 aromatic carbocycles. The molecule has 0 bridgehead atoms. The molecule has 0 spiro atoms. The number of hydrogen-bond acceptors (Lipinski definition) is 4. The van der Waals surface area contributed by atoms with E-state index in [-0.39, 0.29) is 5.91 Å². The fraction of sp³-hybridized carbons (Fsp3) is 0.467. The van der Waals surface area contributed by atoms with Gasteiger partial charge in [-0.25, -0.2) is 0 Å². The summed E-state index contributed by atoms with van der Waals surface area (Å²) in [5, 5.41) is 7.01. The second-order valence-corrected chi connectivity index (χ2v) is 7.30. The fourth-order valence-corrected chi connectivity index (χ4v) is 3.97. The lowest BCUT2D eigenvalue weighted by Crippen LogP contribution is -2.36. The molecule has 7 heteroatoms. The Bertz CT molecular complexity index is 654. The summed E-state index contributed by atoms with van der Waals surface area (Å²) in [7, 11) is 1.62. The molecule has 3 rings (SSSR count). The molecule has 1 saturated heterocycles. The van der Waals surface area contributed by atoms with Gasteiger partial charge in [-0.05, 0) is 37.6 Å². The second-order valence-electron chi connectivity index (χ2n) is 5.50. The highest BCUT2D eigenvalue weighted by atomic mass is 35.5. The van der Waals surface area contributed by atoms with Crippen LogP contribution in [0.1, 0.15) is 34.2 Å². The van der Waals surface area contributed by atoms with Crippen LogP contribution < -0.4 is 5.32 Å². The number of halogens is 1. The Morgan fingerprint density at radius 3 is 3.09 bits per heavy atom. The average Bonchev–Trinajstić information content (AvgIpc) is 3.16. The highest BCUT2D eigenvalue weighted by Crippen LogP contribution is 2.26. The maximum Gasteiger partial charge on any atom is 0.271 e. The van der Waals surface area contributed by atoms with Crippen molar-refractivity contribution in [3.63, 3.8) is 0 Å². The Morgan fingerprint density at radius 1 is 1.50 bits per heavy atom. The van der Waals surface area contributed by atoms with Gasteiger partial charge >= 0.3 is 0 Å². The van der Waals surface area contributed by atoms with Crippen molar-refractivity contribution in [3.8, 4) is 0 Å². The SMILES string of the molecule is CNC(=O)c1ccn([C@@H]2CCCN(Cc3ccc(Cl)s3)C2)n1. The number of nitrogens with one attached hydrogen (secondary N) is 1. The number of aromatic nitrogens is 2. The molecule has 0 unspecified atom stereocenters. The molecule has 0 aliphatic carbocycles. The Hall–Kier alpha value is -1.37. The minimum absolute atomic E-state index is 0.139. The first-order valence-corrected chi connectivity index (χ1v) is 8.59. The monoisotopic (exact) mass is 338 g/mol. The Labute approximate surface area is 138 Å². The maximum absolute atomic E-state index is 11.6. The summed E-state index contributed by atoms with van der Waals surface area (Å²) in [6.07, 6.45) is 4.14. The van der Waals surface area contributed by atoms with Gasteiger partial charge in [0.2, 0.25) is 0 Å². The predicted octanol–water partition coefficient (Wildman–Crippen LogP) is 2.79. The van der Waals surface area contributed by atoms with E-state index in [4.69, 9.17) is 11.6 Å². The molecule has 5 nitrogen and oxygen atoms in total. The number of hydrogen-bond donors (Lipinski definition) is 1. The van der Waals surface area contributed by atoms with E-state index >= 15 is 0 Å². The summed E-state index contributed by atoms with van der Waals surface area (Å²) in [5.74, 6) is -0.139. The summed E-state index contributed by atoms with van der Waals surface area (Å²) in [5.41, 5.74) is 0.477. The minimum Gasteiger partial charge on any atom is -0.354 e. The van der Waals surface area contributed by atoms with Gasteiger partial charge in [0.15, 0.2) is 0 Å². The van der Waals surface area contributed by atoms with E-state index < -0.39 is 0 Å². The lowest BCUT2D eigenvalue weighted by molar-refractivity contribution is 0.0955. The first kappa shape index (κ1) is 15.5. The van der Waals surface area contributed by atoms with Gasteiger partial charge < -0.3 is 5.32 Å². The molecule has 1 N–H and O–H groups in total. The summed E-state index contributed by atoms with van der Waals surface area (Å²) in [6.45, 7) is 2.97. The predicted molar refractivity (Wildman–Crippen MR) is 88.5 cm³/mol. The zero-order valence-electron chi connectivity index (χ0n) is 12.5. The number of rotatable bonds is 4. The molecule has 1 aliphatic heterocycles. The van der Waals surface area contributed by atoms with Gasteiger partial charge in [0.25, 0.3) is 5.91 Å². The molecule has 1 amide bonds. The maximum atomic E-state index is 11.6. The average molecular weight is 339 g/mol. The normalized spacial score (nSPS) is 19.3. The Balaban J connectivity index is 1.65. The third-order valence-corrected chi connectivity index (χ3v) is 5.15. The highest BCUT2D eigenvalue weighted by molar-refractivity contribution is 7.16. The quantitative estimate of drug-likeness (QED) is 0.932. The number of carbonyl (C=O) groups excluding carboxylic acids is 1. The molecule has 2 aromatic rings. The number of amides is 1. The van der Waals surface area contributed by atoms with E-state index in [1.807, 2.05) is 16.9 Å². The van der Waals surface area contributed by atoms with Crippen molar-refractivity contribution in [2.45, 2.75) is 25.4 Å². The molecular formula is C15H19ClN4OS. The lowest BCUT2D eigenvalue weighted by Gasteiger charge is -2.32. The van der Waals surface area contributed by atoms with E-state index in [1.165, 1.54) is 4.88 Å². The van der Waals surface area contributed by atoms with Crippen LogP contribution >= 0.6 is 22.9 Å². The van der Waals surface area contributed by atoms with Gasteiger partial charge in [0, 0.05) is 31.2 Å². The summed E-state index contributed by atoms with van der Waals surface area (Å²) in [4.78, 5) is 15.3. The van der Waals surface area contributed by atoms with Gasteiger partial charge in [0.05, 0.1) is 10.4 Å². The zero-order valence-corrected chi connectivity index (χ0v) is 14.0. The van der Waals surface area contributed by atoms with E-state index in [0.717, 1.165) is 36.8 Å². The van der Waals surface area contributed by atoms with Crippen LogP contribution in [0.5, 0.6) is 0 Å². The van der Waals surface area contributed by atoms with Crippen LogP contribution in [0.2, 0.25) is 4.34 Å². The molecule has 0 radical (unpaired) electrons. The van der Waals surface area contributed by atoms with Gasteiger partial charge in [-0.15, -0.1) is 11.3 Å². The van der Waals surface area contributed by atoms with Crippen LogP contribution in [0.25, 0.3) is 0 Å². The zero-order chi connectivity index (χ0) is 15.5. The molecular weight excluding hydrogens is 320 g/mol. The van der Waals surface area contributed by atoms with Crippen LogP contribution in [0.4, 0.5) is 0 Å². The molecule has 1 aliphatic rings. The standard InChI is InChI=1S/C15H19ClN4OS/c1-17-15(21)13-6-8-20(18-13)11-3-2-7-19(9-11)10-12-4-5-14(16)22-12/h4-6,8,11H,2-3,7,9-10H2,1H3,(H,17,21)/t11-/m1/s1. The number of thiophene rings is 1. The molecule has 0 saturated carbocycles. The van der Waals surface area contributed by atoms with Crippen molar-refractivity contribution in [1.82, 2.24) is 20.0 Å². The van der Waals surface area contributed by atoms with Crippen molar-refractivity contribution < 1.29 is 4.79 Å². The molecule has 2 aromatic heterocycles. The van der Waals surface area contributed by atoms with Crippen LogP contribution in [-0.4, -0.2) is 40.7 Å². The summed E-state index contributed by atoms with van der Waals surface area (Å²) < 4.78 is 2.77. The van der Waals surface area contributed by atoms with Gasteiger partial charge in [-0.3, -0.25) is 14.4 Å². The van der Waals surface area contributed by atoms with Crippen LogP contribution in [0, 0.1) is 0 Å². The largest absolute Gasteiger partial charge is 0.354 e. The molecule has 22 heavy (non-hydrogen) atoms. The van der Waals surface area contributed by atoms with E-state index in [2.05, 4.69) is 21.4 Å². The van der Waals surface area contributed by atoms with Crippen LogP contribution in [-0.2, 0) is 6.54 Å². The van der Waals surface area contributed by atoms with E-state index in [1.54, 1.807) is 24.5 Å². The van der Waals surface area contributed by atoms with Crippen molar-refractivity contribution >= 4 is 28.8 Å². The number of carbonyl (C=O) groups is 1. The Morgan fingerprint density at radius 2 is 2.36 bits per heavy atom. The first-order valence-electron chi connectivity index (χ1n) is 7.39. The minimum atomic E-state index is -0.139. The number of likely N-dealkylation sites (tertiary alicyclic amines) is 1. The van der Waals surface area contributed by atoms with Crippen molar-refractivity contribution in [1.29, 1.82) is 0 Å². The highest BCUT2D eigenvalue weighted by Gasteiger charge is 2.23. The van der Waals surface area contributed by atoms with E-state index in [9.17, 15) is 4.79 Å². The number of nitrogens with zero attached hydrogens (tertiary/aromatic N) is 3. The van der Waals surface area contributed by atoms with Gasteiger partial charge in [-0.1, -0.05) is 11.6 Å². The summed E-state index contributed by atoms with van der Waals surface area (Å²) in [6, 6.07) is 6.14. The topological polar surface area (TPSA) is 50.2 Å². The third-order valence-electron chi connectivity index (χ3n) is 3.93. The molecule has 1 fully saturated rings. The third kappa shape index (κ3) is 3.51. The molecule has 118 valence electrons. The second kappa shape index (κ2) is 6.81. The van der Waals surface area contributed by atoms with E-state index in [0.29, 0.717) is 11.7 Å². The van der Waals surface area contributed by atoms with Crippen LogP contribution in [0.3, 0.4) is 0 Å². The molecule has 1 atom stereocenters. The Kier molecular flexibility index (Phi) is 4.81. The fourth-order valence-electron chi connectivity index (χ4n) is 2.84. The molecule has 3 heterocycles. The van der Waals surface area contributed by atoms with Crippen molar-refractivity contribution in [3.05, 3.63) is 39.3 Å². The number of piperidine rings is 1. The van der Waals surface area contributed by atoms with Gasteiger partial charge in [0.1, 0.15) is 5.69 Å². The smallest absolute Gasteiger partial charge is 0.271 e. The van der Waals surface area contributed by atoms with Crippen molar-refractivity contribution in [2.75, 3.05) is 20.1 Å². The first-order chi connectivity index (χ1) is 10.7. The lowest BCUT2D eigenvalue weighted by atomic mass is 10.1. The summed E-state index contributed by atoms with van der Waals surface area (Å²) >= 11 is 7.63. The van der Waals surface area contributed by atoms with Gasteiger partial charge in [-0.2, -0.15) is 5.10 Å².